The summed E-state index contributed by atoms with van der Waals surface area (Å²) in [4.78, 5) is 28.6. The summed E-state index contributed by atoms with van der Waals surface area (Å²) in [5.74, 6) is -0.530. The van der Waals surface area contributed by atoms with E-state index in [1.54, 1.807) is 0 Å². The van der Waals surface area contributed by atoms with Crippen LogP contribution in [0.5, 0.6) is 0 Å². The zero-order valence-electron chi connectivity index (χ0n) is 8.69. The molecule has 0 atom stereocenters. The van der Waals surface area contributed by atoms with Crippen LogP contribution in [-0.4, -0.2) is 21.0 Å². The monoisotopic (exact) mass is 223 g/mol. The van der Waals surface area contributed by atoms with Crippen LogP contribution in [0.4, 0.5) is 5.95 Å². The number of H-pyrrole nitrogens is 1. The third kappa shape index (κ3) is 2.21. The maximum absolute atomic E-state index is 11.6. The van der Waals surface area contributed by atoms with Crippen LogP contribution in [0.3, 0.4) is 0 Å². The Balaban J connectivity index is 2.33. The Morgan fingerprint density at radius 1 is 1.56 bits per heavy atom. The lowest BCUT2D eigenvalue weighted by atomic mass is 10.1. The summed E-state index contributed by atoms with van der Waals surface area (Å²) in [6.45, 7) is 0. The van der Waals surface area contributed by atoms with Gasteiger partial charge in [-0.15, -0.1) is 0 Å². The number of anilines is 1. The number of hydrogen-bond donors (Lipinski definition) is 3. The molecule has 86 valence electrons. The fourth-order valence-corrected chi connectivity index (χ4v) is 1.70. The van der Waals surface area contributed by atoms with Crippen molar-refractivity contribution in [1.82, 2.24) is 9.97 Å². The van der Waals surface area contributed by atoms with Gasteiger partial charge in [-0.05, 0) is 19.3 Å². The molecule has 4 N–H and O–H groups in total. The molecule has 0 saturated heterocycles. The molecule has 1 saturated carbocycles. The summed E-state index contributed by atoms with van der Waals surface area (Å²) in [5, 5.41) is 8.61. The minimum absolute atomic E-state index is 0.0611. The number of nitrogens with zero attached hydrogens (tertiary/aromatic N) is 1. The Bertz CT molecular complexity index is 477. The molecule has 6 nitrogen and oxygen atoms in total. The van der Waals surface area contributed by atoms with Crippen molar-refractivity contribution in [3.63, 3.8) is 0 Å². The highest BCUT2D eigenvalue weighted by molar-refractivity contribution is 5.67. The summed E-state index contributed by atoms with van der Waals surface area (Å²) in [7, 11) is 0. The van der Waals surface area contributed by atoms with Gasteiger partial charge in [0, 0.05) is 17.9 Å². The van der Waals surface area contributed by atoms with Crippen molar-refractivity contribution in [2.24, 2.45) is 0 Å². The summed E-state index contributed by atoms with van der Waals surface area (Å²) < 4.78 is 0. The van der Waals surface area contributed by atoms with E-state index in [1.165, 1.54) is 0 Å². The number of aliphatic carboxylic acids is 1. The minimum Gasteiger partial charge on any atom is -0.481 e. The van der Waals surface area contributed by atoms with Crippen molar-refractivity contribution >= 4 is 11.9 Å². The van der Waals surface area contributed by atoms with Crippen molar-refractivity contribution in [1.29, 1.82) is 0 Å². The number of nitrogens with two attached hydrogens (primary N) is 1. The highest BCUT2D eigenvalue weighted by Gasteiger charge is 2.29. The minimum atomic E-state index is -0.919. The Labute approximate surface area is 91.5 Å². The zero-order chi connectivity index (χ0) is 11.7. The summed E-state index contributed by atoms with van der Waals surface area (Å²) in [6.07, 6.45) is 2.14. The Kier molecular flexibility index (Phi) is 2.64. The molecule has 0 unspecified atom stereocenters. The molecule has 0 spiro atoms. The lowest BCUT2D eigenvalue weighted by Gasteiger charge is -2.06. The highest BCUT2D eigenvalue weighted by atomic mass is 16.4. The molecule has 1 heterocycles. The Hall–Kier alpha value is -1.85. The first-order valence-electron chi connectivity index (χ1n) is 5.18. The third-order valence-corrected chi connectivity index (χ3v) is 2.62. The van der Waals surface area contributed by atoms with Crippen LogP contribution in [0.25, 0.3) is 0 Å². The number of carboxylic acids is 1. The standard InChI is InChI=1S/C10H13N3O3/c11-10-12-8(5-1-2-5)6(9(16)13-10)3-4-7(14)15/h5H,1-4H2,(H,14,15)(H3,11,12,13,16). The number of aromatic nitrogens is 2. The molecule has 1 aliphatic carbocycles. The van der Waals surface area contributed by atoms with Crippen LogP contribution in [0.1, 0.15) is 36.4 Å². The SMILES string of the molecule is Nc1nc(C2CC2)c(CCC(=O)O)c(=O)[nH]1. The summed E-state index contributed by atoms with van der Waals surface area (Å²) >= 11 is 0. The predicted octanol–water partition coefficient (Wildman–Crippen LogP) is 0.247. The smallest absolute Gasteiger partial charge is 0.303 e. The van der Waals surface area contributed by atoms with E-state index < -0.39 is 5.97 Å². The van der Waals surface area contributed by atoms with Crippen LogP contribution >= 0.6 is 0 Å². The van der Waals surface area contributed by atoms with Crippen LogP contribution < -0.4 is 11.3 Å². The molecule has 0 bridgehead atoms. The van der Waals surface area contributed by atoms with Crippen molar-refractivity contribution in [2.45, 2.75) is 31.6 Å². The van der Waals surface area contributed by atoms with Crippen LogP contribution in [0.2, 0.25) is 0 Å². The molecular formula is C10H13N3O3. The third-order valence-electron chi connectivity index (χ3n) is 2.62. The van der Waals surface area contributed by atoms with Crippen molar-refractivity contribution in [3.05, 3.63) is 21.6 Å². The molecule has 2 rings (SSSR count). The zero-order valence-corrected chi connectivity index (χ0v) is 8.69. The fraction of sp³-hybridized carbons (Fsp3) is 0.500. The van der Waals surface area contributed by atoms with Crippen LogP contribution in [0, 0.1) is 0 Å². The van der Waals surface area contributed by atoms with Crippen LogP contribution in [-0.2, 0) is 11.2 Å². The number of nitrogen functional groups attached to an aromatic ring is 1. The molecular weight excluding hydrogens is 210 g/mol. The second-order valence-corrected chi connectivity index (χ2v) is 3.98. The molecule has 1 fully saturated rings. The van der Waals surface area contributed by atoms with Crippen molar-refractivity contribution in [3.8, 4) is 0 Å². The molecule has 0 aliphatic heterocycles. The Morgan fingerprint density at radius 2 is 2.25 bits per heavy atom. The number of hydrogen-bond acceptors (Lipinski definition) is 4. The predicted molar refractivity (Wildman–Crippen MR) is 57.2 cm³/mol. The first-order chi connectivity index (χ1) is 7.58. The molecule has 16 heavy (non-hydrogen) atoms. The fourth-order valence-electron chi connectivity index (χ4n) is 1.70. The second kappa shape index (κ2) is 3.96. The van der Waals surface area contributed by atoms with Gasteiger partial charge in [0.25, 0.3) is 5.56 Å². The molecule has 0 radical (unpaired) electrons. The van der Waals surface area contributed by atoms with Gasteiger partial charge in [0.05, 0.1) is 5.69 Å². The number of carboxylic acid groups (broad SMARTS) is 1. The van der Waals surface area contributed by atoms with E-state index in [0.717, 1.165) is 12.8 Å². The van der Waals surface area contributed by atoms with Gasteiger partial charge >= 0.3 is 5.97 Å². The largest absolute Gasteiger partial charge is 0.481 e. The van der Waals surface area contributed by atoms with Gasteiger partial charge in [-0.3, -0.25) is 14.6 Å². The topological polar surface area (TPSA) is 109 Å². The average molecular weight is 223 g/mol. The van der Waals surface area contributed by atoms with Gasteiger partial charge in [-0.2, -0.15) is 0 Å². The van der Waals surface area contributed by atoms with E-state index in [4.69, 9.17) is 10.8 Å². The van der Waals surface area contributed by atoms with E-state index in [-0.39, 0.29) is 30.3 Å². The van der Waals surface area contributed by atoms with E-state index in [2.05, 4.69) is 9.97 Å². The first kappa shape index (κ1) is 10.7. The van der Waals surface area contributed by atoms with Gasteiger partial charge in [-0.25, -0.2) is 4.98 Å². The molecule has 0 aromatic carbocycles. The van der Waals surface area contributed by atoms with E-state index in [9.17, 15) is 9.59 Å². The molecule has 1 aromatic heterocycles. The maximum Gasteiger partial charge on any atom is 0.303 e. The quantitative estimate of drug-likeness (QED) is 0.677. The summed E-state index contributed by atoms with van der Waals surface area (Å²) in [6, 6.07) is 0. The second-order valence-electron chi connectivity index (χ2n) is 3.98. The number of carbonyl (C=O) groups is 1. The van der Waals surface area contributed by atoms with E-state index in [1.807, 2.05) is 0 Å². The van der Waals surface area contributed by atoms with Gasteiger partial charge in [0.15, 0.2) is 0 Å². The van der Waals surface area contributed by atoms with E-state index >= 15 is 0 Å². The van der Waals surface area contributed by atoms with Crippen molar-refractivity contribution in [2.75, 3.05) is 5.73 Å². The lowest BCUT2D eigenvalue weighted by molar-refractivity contribution is -0.136. The number of nitrogens with one attached hydrogen (secondary N) is 1. The van der Waals surface area contributed by atoms with Crippen LogP contribution in [0.15, 0.2) is 4.79 Å². The molecule has 1 aromatic rings. The van der Waals surface area contributed by atoms with Gasteiger partial charge in [-0.1, -0.05) is 0 Å². The normalized spacial score (nSPS) is 15.0. The van der Waals surface area contributed by atoms with Crippen molar-refractivity contribution < 1.29 is 9.90 Å². The van der Waals surface area contributed by atoms with Gasteiger partial charge in [0.2, 0.25) is 5.95 Å². The Morgan fingerprint density at radius 3 is 2.81 bits per heavy atom. The number of rotatable bonds is 4. The number of aromatic amines is 1. The van der Waals surface area contributed by atoms with Gasteiger partial charge in [0.1, 0.15) is 0 Å². The lowest BCUT2D eigenvalue weighted by Crippen LogP contribution is -2.20. The summed E-state index contributed by atoms with van der Waals surface area (Å²) in [5.41, 5.74) is 6.31. The average Bonchev–Trinajstić information content (AvgIpc) is 2.97. The van der Waals surface area contributed by atoms with E-state index in [0.29, 0.717) is 11.3 Å². The molecule has 6 heteroatoms. The highest BCUT2D eigenvalue weighted by Crippen LogP contribution is 2.40. The van der Waals surface area contributed by atoms with Gasteiger partial charge < -0.3 is 10.8 Å². The molecule has 0 amide bonds. The maximum atomic E-state index is 11.6. The first-order valence-corrected chi connectivity index (χ1v) is 5.18. The molecule has 1 aliphatic rings.